The Hall–Kier alpha value is -1.80. The molecule has 148 valence electrons. The molecule has 1 fully saturated rings. The lowest BCUT2D eigenvalue weighted by Crippen LogP contribution is -2.42. The number of guanidine groups is 1. The van der Waals surface area contributed by atoms with E-state index in [1.807, 2.05) is 36.4 Å². The van der Waals surface area contributed by atoms with Crippen LogP contribution in [0.3, 0.4) is 0 Å². The summed E-state index contributed by atoms with van der Waals surface area (Å²) in [6.07, 6.45) is 1.55. The lowest BCUT2D eigenvalue weighted by Gasteiger charge is -2.26. The second-order valence-corrected chi connectivity index (χ2v) is 7.57. The zero-order valence-corrected chi connectivity index (χ0v) is 18.7. The number of carbonyl (C=O) groups is 1. The number of nitrogens with zero attached hydrogens (tertiary/aromatic N) is 1. The highest BCUT2D eigenvalue weighted by molar-refractivity contribution is 14.0. The molecule has 2 aliphatic rings. The highest BCUT2D eigenvalue weighted by Crippen LogP contribution is 2.41. The van der Waals surface area contributed by atoms with Gasteiger partial charge in [-0.25, -0.2) is 0 Å². The minimum absolute atomic E-state index is 0. The molecule has 7 heteroatoms. The van der Waals surface area contributed by atoms with Crippen LogP contribution in [-0.4, -0.2) is 31.5 Å². The van der Waals surface area contributed by atoms with Crippen LogP contribution in [0.25, 0.3) is 0 Å². The van der Waals surface area contributed by atoms with Crippen LogP contribution in [-0.2, 0) is 4.79 Å². The van der Waals surface area contributed by atoms with Gasteiger partial charge in [-0.05, 0) is 35.7 Å². The van der Waals surface area contributed by atoms with Crippen LogP contribution in [0.1, 0.15) is 35.8 Å². The van der Waals surface area contributed by atoms with Gasteiger partial charge in [0.1, 0.15) is 0 Å². The standard InChI is InChI=1S/C21H23ClN4O.HI/c1-23-21(26-19-11-17(19)13-5-4-6-15(22)9-13)24-12-14-10-20(27)25-18-8-3-2-7-16(14)18;/h2-9,14,17,19H,10-12H2,1H3,(H,25,27)(H2,23,24,26);1H. The van der Waals surface area contributed by atoms with Gasteiger partial charge in [-0.2, -0.15) is 0 Å². The molecule has 3 N–H and O–H groups in total. The van der Waals surface area contributed by atoms with Crippen molar-refractivity contribution in [3.8, 4) is 0 Å². The van der Waals surface area contributed by atoms with Crippen molar-refractivity contribution >= 4 is 53.1 Å². The van der Waals surface area contributed by atoms with Gasteiger partial charge < -0.3 is 16.0 Å². The largest absolute Gasteiger partial charge is 0.356 e. The Bertz CT molecular complexity index is 888. The van der Waals surface area contributed by atoms with E-state index in [2.05, 4.69) is 33.1 Å². The van der Waals surface area contributed by atoms with Gasteiger partial charge in [-0.1, -0.05) is 41.9 Å². The summed E-state index contributed by atoms with van der Waals surface area (Å²) in [7, 11) is 1.77. The molecule has 5 nitrogen and oxygen atoms in total. The highest BCUT2D eigenvalue weighted by Gasteiger charge is 2.39. The SMILES string of the molecule is CN=C(NCC1CC(=O)Nc2ccccc21)NC1CC1c1cccc(Cl)c1.I. The van der Waals surface area contributed by atoms with Crippen LogP contribution in [0.2, 0.25) is 5.02 Å². The van der Waals surface area contributed by atoms with Crippen LogP contribution in [0, 0.1) is 0 Å². The minimum atomic E-state index is 0. The van der Waals surface area contributed by atoms with Crippen molar-refractivity contribution in [2.45, 2.75) is 30.7 Å². The second-order valence-electron chi connectivity index (χ2n) is 7.14. The lowest BCUT2D eigenvalue weighted by molar-refractivity contribution is -0.116. The summed E-state index contributed by atoms with van der Waals surface area (Å²) >= 11 is 6.10. The zero-order valence-electron chi connectivity index (χ0n) is 15.6. The van der Waals surface area contributed by atoms with E-state index in [-0.39, 0.29) is 35.8 Å². The summed E-state index contributed by atoms with van der Waals surface area (Å²) in [5.41, 5.74) is 3.34. The lowest BCUT2D eigenvalue weighted by atomic mass is 9.90. The molecular formula is C21H24ClIN4O. The summed E-state index contributed by atoms with van der Waals surface area (Å²) in [5.74, 6) is 1.43. The maximum absolute atomic E-state index is 12.0. The number of rotatable bonds is 4. The molecule has 1 aliphatic carbocycles. The maximum atomic E-state index is 12.0. The molecule has 2 aromatic carbocycles. The third-order valence-electron chi connectivity index (χ3n) is 5.24. The minimum Gasteiger partial charge on any atom is -0.356 e. The quantitative estimate of drug-likeness (QED) is 0.330. The van der Waals surface area contributed by atoms with Crippen molar-refractivity contribution in [1.82, 2.24) is 10.6 Å². The maximum Gasteiger partial charge on any atom is 0.225 e. The fraction of sp³-hybridized carbons (Fsp3) is 0.333. The third-order valence-corrected chi connectivity index (χ3v) is 5.47. The number of anilines is 1. The first-order valence-electron chi connectivity index (χ1n) is 9.25. The van der Waals surface area contributed by atoms with E-state index in [4.69, 9.17) is 11.6 Å². The number of benzene rings is 2. The smallest absolute Gasteiger partial charge is 0.225 e. The van der Waals surface area contributed by atoms with E-state index < -0.39 is 0 Å². The molecule has 2 aromatic rings. The molecule has 0 saturated heterocycles. The Morgan fingerprint density at radius 2 is 2.07 bits per heavy atom. The molecule has 1 heterocycles. The van der Waals surface area contributed by atoms with Crippen LogP contribution in [0.4, 0.5) is 5.69 Å². The van der Waals surface area contributed by atoms with E-state index in [0.717, 1.165) is 23.1 Å². The van der Waals surface area contributed by atoms with Crippen LogP contribution < -0.4 is 16.0 Å². The number of fused-ring (bicyclic) bond motifs is 1. The average molecular weight is 511 g/mol. The first kappa shape index (κ1) is 20.9. The fourth-order valence-corrected chi connectivity index (χ4v) is 3.93. The van der Waals surface area contributed by atoms with E-state index in [1.54, 1.807) is 7.05 Å². The van der Waals surface area contributed by atoms with Gasteiger partial charge >= 0.3 is 0 Å². The molecule has 0 spiro atoms. The monoisotopic (exact) mass is 510 g/mol. The van der Waals surface area contributed by atoms with Crippen molar-refractivity contribution in [2.75, 3.05) is 18.9 Å². The van der Waals surface area contributed by atoms with Crippen molar-refractivity contribution < 1.29 is 4.79 Å². The number of aliphatic imine (C=N–C) groups is 1. The number of nitrogens with one attached hydrogen (secondary N) is 3. The topological polar surface area (TPSA) is 65.5 Å². The zero-order chi connectivity index (χ0) is 18.8. The molecule has 3 unspecified atom stereocenters. The molecule has 0 radical (unpaired) electrons. The number of carbonyl (C=O) groups excluding carboxylic acids is 1. The number of amides is 1. The second kappa shape index (κ2) is 9.13. The molecule has 28 heavy (non-hydrogen) atoms. The molecule has 1 saturated carbocycles. The summed E-state index contributed by atoms with van der Waals surface area (Å²) in [6, 6.07) is 16.4. The summed E-state index contributed by atoms with van der Waals surface area (Å²) in [6.45, 7) is 0.665. The van der Waals surface area contributed by atoms with Crippen molar-refractivity contribution in [2.24, 2.45) is 4.99 Å². The third kappa shape index (κ3) is 4.78. The van der Waals surface area contributed by atoms with Crippen molar-refractivity contribution in [3.63, 3.8) is 0 Å². The van der Waals surface area contributed by atoms with Crippen LogP contribution in [0.5, 0.6) is 0 Å². The van der Waals surface area contributed by atoms with Gasteiger partial charge in [0.15, 0.2) is 5.96 Å². The Morgan fingerprint density at radius 1 is 1.25 bits per heavy atom. The summed E-state index contributed by atoms with van der Waals surface area (Å²) in [4.78, 5) is 16.3. The van der Waals surface area contributed by atoms with Crippen molar-refractivity contribution in [3.05, 3.63) is 64.7 Å². The molecule has 0 bridgehead atoms. The van der Waals surface area contributed by atoms with Crippen LogP contribution in [0.15, 0.2) is 53.5 Å². The van der Waals surface area contributed by atoms with E-state index in [1.165, 1.54) is 11.1 Å². The van der Waals surface area contributed by atoms with E-state index in [0.29, 0.717) is 24.9 Å². The van der Waals surface area contributed by atoms with Gasteiger partial charge in [0.2, 0.25) is 5.91 Å². The van der Waals surface area contributed by atoms with Gasteiger partial charge in [-0.3, -0.25) is 9.79 Å². The predicted octanol–water partition coefficient (Wildman–Crippen LogP) is 4.10. The van der Waals surface area contributed by atoms with Gasteiger partial charge in [-0.15, -0.1) is 24.0 Å². The summed E-state index contributed by atoms with van der Waals surface area (Å²) < 4.78 is 0. The molecule has 0 aromatic heterocycles. The summed E-state index contributed by atoms with van der Waals surface area (Å²) in [5, 5.41) is 10.6. The molecule has 1 amide bonds. The Balaban J connectivity index is 0.00000225. The normalized spacial score (nSPS) is 23.1. The van der Waals surface area contributed by atoms with Gasteiger partial charge in [0.25, 0.3) is 0 Å². The Labute approximate surface area is 187 Å². The highest BCUT2D eigenvalue weighted by atomic mass is 127. The number of para-hydroxylation sites is 1. The molecular weight excluding hydrogens is 487 g/mol. The van der Waals surface area contributed by atoms with Crippen LogP contribution >= 0.6 is 35.6 Å². The van der Waals surface area contributed by atoms with Gasteiger partial charge in [0.05, 0.1) is 0 Å². The van der Waals surface area contributed by atoms with Gasteiger partial charge in [0, 0.05) is 48.6 Å². The molecule has 4 rings (SSSR count). The number of hydrogen-bond donors (Lipinski definition) is 3. The molecule has 1 aliphatic heterocycles. The van der Waals surface area contributed by atoms with Crippen molar-refractivity contribution in [1.29, 1.82) is 0 Å². The average Bonchev–Trinajstić information content (AvgIpc) is 3.44. The first-order chi connectivity index (χ1) is 13.1. The Kier molecular flexibility index (Phi) is 6.82. The van der Waals surface area contributed by atoms with E-state index in [9.17, 15) is 4.79 Å². The Morgan fingerprint density at radius 3 is 2.86 bits per heavy atom. The first-order valence-corrected chi connectivity index (χ1v) is 9.63. The number of hydrogen-bond acceptors (Lipinski definition) is 2. The van der Waals surface area contributed by atoms with E-state index >= 15 is 0 Å². The molecule has 3 atom stereocenters. The number of halogens is 2. The fourth-order valence-electron chi connectivity index (χ4n) is 3.73. The predicted molar refractivity (Wildman–Crippen MR) is 125 cm³/mol.